The Morgan fingerprint density at radius 3 is 2.58 bits per heavy atom. The maximum Gasteiger partial charge on any atom is 0.246 e. The molecule has 1 rings (SSSR count). The standard InChI is InChI=1S/C14H29N3O2/c1-4-17(5-2)10-12(3)16-14(18)11-19-13-6-8-15-9-7-13/h12-13,15H,4-11H2,1-3H3,(H,16,18). The highest BCUT2D eigenvalue weighted by molar-refractivity contribution is 5.77. The molecule has 1 aliphatic rings. The van der Waals surface area contributed by atoms with Crippen molar-refractivity contribution in [2.24, 2.45) is 0 Å². The smallest absolute Gasteiger partial charge is 0.246 e. The van der Waals surface area contributed by atoms with Crippen molar-refractivity contribution < 1.29 is 9.53 Å². The van der Waals surface area contributed by atoms with Crippen LogP contribution < -0.4 is 10.6 Å². The number of amides is 1. The van der Waals surface area contributed by atoms with Crippen molar-refractivity contribution in [2.45, 2.75) is 45.8 Å². The highest BCUT2D eigenvalue weighted by Gasteiger charge is 2.16. The lowest BCUT2D eigenvalue weighted by Crippen LogP contribution is -2.44. The molecule has 0 aromatic carbocycles. The third kappa shape index (κ3) is 6.89. The van der Waals surface area contributed by atoms with E-state index >= 15 is 0 Å². The average molecular weight is 271 g/mol. The molecule has 0 bridgehead atoms. The molecule has 1 amide bonds. The van der Waals surface area contributed by atoms with Gasteiger partial charge in [0.2, 0.25) is 5.91 Å². The van der Waals surface area contributed by atoms with Crippen LogP contribution in [0.3, 0.4) is 0 Å². The molecule has 0 radical (unpaired) electrons. The maximum atomic E-state index is 11.8. The van der Waals surface area contributed by atoms with Crippen LogP contribution >= 0.6 is 0 Å². The number of hydrogen-bond donors (Lipinski definition) is 2. The predicted octanol–water partition coefficient (Wildman–Crippen LogP) is 0.602. The molecule has 0 aromatic rings. The van der Waals surface area contributed by atoms with Crippen LogP contribution in [0.1, 0.15) is 33.6 Å². The van der Waals surface area contributed by atoms with Gasteiger partial charge in [-0.2, -0.15) is 0 Å². The summed E-state index contributed by atoms with van der Waals surface area (Å²) < 4.78 is 5.64. The van der Waals surface area contributed by atoms with Crippen LogP contribution in [0.2, 0.25) is 0 Å². The monoisotopic (exact) mass is 271 g/mol. The Bertz CT molecular complexity index is 251. The second-order valence-electron chi connectivity index (χ2n) is 5.21. The van der Waals surface area contributed by atoms with E-state index in [1.165, 1.54) is 0 Å². The van der Waals surface area contributed by atoms with Crippen molar-refractivity contribution in [1.82, 2.24) is 15.5 Å². The van der Waals surface area contributed by atoms with Gasteiger partial charge in [0.1, 0.15) is 6.61 Å². The average Bonchev–Trinajstić information content (AvgIpc) is 2.43. The lowest BCUT2D eigenvalue weighted by atomic mass is 10.1. The Balaban J connectivity index is 2.15. The molecular weight excluding hydrogens is 242 g/mol. The van der Waals surface area contributed by atoms with E-state index in [4.69, 9.17) is 4.74 Å². The molecule has 1 unspecified atom stereocenters. The van der Waals surface area contributed by atoms with Gasteiger partial charge in [0.25, 0.3) is 0 Å². The molecule has 2 N–H and O–H groups in total. The molecule has 1 fully saturated rings. The van der Waals surface area contributed by atoms with E-state index in [-0.39, 0.29) is 24.7 Å². The highest BCUT2D eigenvalue weighted by Crippen LogP contribution is 2.06. The van der Waals surface area contributed by atoms with Crippen molar-refractivity contribution in [2.75, 3.05) is 39.3 Å². The second kappa shape index (κ2) is 9.28. The Kier molecular flexibility index (Phi) is 8.02. The molecule has 0 aliphatic carbocycles. The second-order valence-corrected chi connectivity index (χ2v) is 5.21. The Morgan fingerprint density at radius 1 is 1.37 bits per heavy atom. The van der Waals surface area contributed by atoms with Crippen molar-refractivity contribution in [3.63, 3.8) is 0 Å². The number of ether oxygens (including phenoxy) is 1. The van der Waals surface area contributed by atoms with E-state index in [0.717, 1.165) is 45.6 Å². The first-order valence-electron chi connectivity index (χ1n) is 7.49. The number of carbonyl (C=O) groups is 1. The van der Waals surface area contributed by atoms with Crippen LogP contribution in [0.25, 0.3) is 0 Å². The van der Waals surface area contributed by atoms with Gasteiger partial charge in [0.05, 0.1) is 6.10 Å². The third-order valence-electron chi connectivity index (χ3n) is 3.57. The van der Waals surface area contributed by atoms with Crippen LogP contribution in [0.15, 0.2) is 0 Å². The third-order valence-corrected chi connectivity index (χ3v) is 3.57. The Labute approximate surface area is 117 Å². The fraction of sp³-hybridized carbons (Fsp3) is 0.929. The van der Waals surface area contributed by atoms with E-state index in [9.17, 15) is 4.79 Å². The van der Waals surface area contributed by atoms with Crippen molar-refractivity contribution in [3.8, 4) is 0 Å². The first kappa shape index (κ1) is 16.4. The van der Waals surface area contributed by atoms with Gasteiger partial charge in [-0.15, -0.1) is 0 Å². The topological polar surface area (TPSA) is 53.6 Å². The summed E-state index contributed by atoms with van der Waals surface area (Å²) in [6.45, 7) is 11.4. The van der Waals surface area contributed by atoms with Gasteiger partial charge >= 0.3 is 0 Å². The van der Waals surface area contributed by atoms with Crippen molar-refractivity contribution in [3.05, 3.63) is 0 Å². The minimum absolute atomic E-state index is 0.00168. The summed E-state index contributed by atoms with van der Waals surface area (Å²) in [5.41, 5.74) is 0. The van der Waals surface area contributed by atoms with Gasteiger partial charge in [-0.3, -0.25) is 4.79 Å². The normalized spacial score (nSPS) is 18.5. The SMILES string of the molecule is CCN(CC)CC(C)NC(=O)COC1CCNCC1. The van der Waals surface area contributed by atoms with E-state index < -0.39 is 0 Å². The van der Waals surface area contributed by atoms with Gasteiger partial charge in [-0.25, -0.2) is 0 Å². The highest BCUT2D eigenvalue weighted by atomic mass is 16.5. The molecule has 112 valence electrons. The summed E-state index contributed by atoms with van der Waals surface area (Å²) in [5.74, 6) is -0.00168. The van der Waals surface area contributed by atoms with Crippen LogP contribution in [0.4, 0.5) is 0 Å². The van der Waals surface area contributed by atoms with Gasteiger partial charge in [0, 0.05) is 12.6 Å². The summed E-state index contributed by atoms with van der Waals surface area (Å²) in [5, 5.41) is 6.28. The molecular formula is C14H29N3O2. The molecule has 0 spiro atoms. The van der Waals surface area contributed by atoms with Crippen LogP contribution in [0, 0.1) is 0 Å². The molecule has 19 heavy (non-hydrogen) atoms. The first-order chi connectivity index (χ1) is 9.15. The molecule has 5 nitrogen and oxygen atoms in total. The lowest BCUT2D eigenvalue weighted by Gasteiger charge is -2.25. The lowest BCUT2D eigenvalue weighted by molar-refractivity contribution is -0.128. The largest absolute Gasteiger partial charge is 0.368 e. The molecule has 0 saturated carbocycles. The molecule has 0 aromatic heterocycles. The predicted molar refractivity (Wildman–Crippen MR) is 77.2 cm³/mol. The fourth-order valence-corrected chi connectivity index (χ4v) is 2.39. The first-order valence-corrected chi connectivity index (χ1v) is 7.49. The zero-order valence-electron chi connectivity index (χ0n) is 12.6. The number of nitrogens with zero attached hydrogens (tertiary/aromatic N) is 1. The molecule has 1 aliphatic heterocycles. The zero-order chi connectivity index (χ0) is 14.1. The van der Waals surface area contributed by atoms with E-state index in [0.29, 0.717) is 0 Å². The van der Waals surface area contributed by atoms with Crippen molar-refractivity contribution >= 4 is 5.91 Å². The number of hydrogen-bond acceptors (Lipinski definition) is 4. The number of likely N-dealkylation sites (N-methyl/N-ethyl adjacent to an activating group) is 1. The van der Waals surface area contributed by atoms with Crippen LogP contribution in [-0.2, 0) is 9.53 Å². The zero-order valence-corrected chi connectivity index (χ0v) is 12.6. The molecule has 1 heterocycles. The van der Waals surface area contributed by atoms with Gasteiger partial charge < -0.3 is 20.3 Å². The van der Waals surface area contributed by atoms with Gasteiger partial charge in [-0.1, -0.05) is 13.8 Å². The molecule has 5 heteroatoms. The number of piperidine rings is 1. The summed E-state index contributed by atoms with van der Waals surface area (Å²) in [4.78, 5) is 14.1. The summed E-state index contributed by atoms with van der Waals surface area (Å²) >= 11 is 0. The molecule has 1 saturated heterocycles. The molecule has 1 atom stereocenters. The van der Waals surface area contributed by atoms with E-state index in [1.807, 2.05) is 6.92 Å². The number of carbonyl (C=O) groups excluding carboxylic acids is 1. The van der Waals surface area contributed by atoms with E-state index in [1.54, 1.807) is 0 Å². The minimum atomic E-state index is -0.00168. The maximum absolute atomic E-state index is 11.8. The minimum Gasteiger partial charge on any atom is -0.368 e. The van der Waals surface area contributed by atoms with Gasteiger partial charge in [0.15, 0.2) is 0 Å². The Morgan fingerprint density at radius 2 is 2.00 bits per heavy atom. The Hall–Kier alpha value is -0.650. The summed E-state index contributed by atoms with van der Waals surface area (Å²) in [7, 11) is 0. The quantitative estimate of drug-likeness (QED) is 0.679. The fourth-order valence-electron chi connectivity index (χ4n) is 2.39. The van der Waals surface area contributed by atoms with Crippen LogP contribution in [-0.4, -0.2) is 62.3 Å². The number of rotatable bonds is 8. The van der Waals surface area contributed by atoms with E-state index in [2.05, 4.69) is 29.4 Å². The van der Waals surface area contributed by atoms with Crippen molar-refractivity contribution in [1.29, 1.82) is 0 Å². The summed E-state index contributed by atoms with van der Waals surface area (Å²) in [6.07, 6.45) is 2.25. The number of nitrogens with one attached hydrogen (secondary N) is 2. The van der Waals surface area contributed by atoms with Crippen LogP contribution in [0.5, 0.6) is 0 Å². The van der Waals surface area contributed by atoms with Gasteiger partial charge in [-0.05, 0) is 45.9 Å². The summed E-state index contributed by atoms with van der Waals surface area (Å²) in [6, 6.07) is 0.170.